The Hall–Kier alpha value is -2.28. The average molecular weight is 292 g/mol. The van der Waals surface area contributed by atoms with Gasteiger partial charge < -0.3 is 20.2 Å². The Labute approximate surface area is 121 Å². The van der Waals surface area contributed by atoms with Gasteiger partial charge in [-0.3, -0.25) is 4.90 Å². The predicted octanol–water partition coefficient (Wildman–Crippen LogP) is 1.30. The molecular weight excluding hydrogens is 276 g/mol. The zero-order valence-corrected chi connectivity index (χ0v) is 11.3. The average Bonchev–Trinajstić information content (AvgIpc) is 3.02. The number of amides is 2. The van der Waals surface area contributed by atoms with E-state index < -0.39 is 17.6 Å². The molecule has 1 fully saturated rings. The van der Waals surface area contributed by atoms with Gasteiger partial charge in [0, 0.05) is 25.0 Å². The number of carbonyl (C=O) groups is 2. The van der Waals surface area contributed by atoms with Crippen molar-refractivity contribution in [1.82, 2.24) is 4.90 Å². The van der Waals surface area contributed by atoms with Crippen LogP contribution >= 0.6 is 0 Å². The van der Waals surface area contributed by atoms with Crippen molar-refractivity contribution in [2.45, 2.75) is 18.4 Å². The van der Waals surface area contributed by atoms with Crippen molar-refractivity contribution in [2.24, 2.45) is 0 Å². The number of hydrogen-bond acceptors (Lipinski definition) is 3. The Kier molecular flexibility index (Phi) is 3.02. The maximum atomic E-state index is 11.4. The van der Waals surface area contributed by atoms with E-state index in [1.165, 1.54) is 9.80 Å². The number of hydrogen-bond donors (Lipinski definition) is 3. The summed E-state index contributed by atoms with van der Waals surface area (Å²) in [7, 11) is 0. The molecule has 0 saturated carbocycles. The van der Waals surface area contributed by atoms with Crippen molar-refractivity contribution >= 4 is 17.9 Å². The maximum Gasteiger partial charge on any atom is 0.411 e. The van der Waals surface area contributed by atoms with Crippen LogP contribution in [-0.2, 0) is 12.0 Å². The van der Waals surface area contributed by atoms with Gasteiger partial charge in [0.25, 0.3) is 0 Å². The molecule has 1 spiro atoms. The van der Waals surface area contributed by atoms with Gasteiger partial charge in [0.2, 0.25) is 0 Å². The number of fused-ring (bicyclic) bond motifs is 2. The number of aliphatic hydroxyl groups excluding tert-OH is 1. The summed E-state index contributed by atoms with van der Waals surface area (Å²) in [4.78, 5) is 25.2. The van der Waals surface area contributed by atoms with E-state index in [0.717, 1.165) is 5.56 Å². The highest BCUT2D eigenvalue weighted by molar-refractivity contribution is 5.90. The van der Waals surface area contributed by atoms with Crippen molar-refractivity contribution in [3.63, 3.8) is 0 Å². The van der Waals surface area contributed by atoms with E-state index in [1.807, 2.05) is 0 Å². The van der Waals surface area contributed by atoms with Crippen molar-refractivity contribution in [3.05, 3.63) is 29.3 Å². The molecule has 21 heavy (non-hydrogen) atoms. The fraction of sp³-hybridized carbons (Fsp3) is 0.429. The molecule has 3 rings (SSSR count). The zero-order chi connectivity index (χ0) is 15.2. The molecule has 7 heteroatoms. The molecular formula is C14H16N2O5. The Morgan fingerprint density at radius 3 is 2.52 bits per heavy atom. The summed E-state index contributed by atoms with van der Waals surface area (Å²) in [6, 6.07) is 5.18. The lowest BCUT2D eigenvalue weighted by Crippen LogP contribution is -2.39. The molecule has 2 aliphatic rings. The monoisotopic (exact) mass is 292 g/mol. The molecule has 1 saturated heterocycles. The van der Waals surface area contributed by atoms with E-state index >= 15 is 0 Å². The third kappa shape index (κ3) is 2.01. The number of aliphatic hydroxyl groups is 1. The maximum absolute atomic E-state index is 11.4. The zero-order valence-electron chi connectivity index (χ0n) is 11.3. The van der Waals surface area contributed by atoms with E-state index in [9.17, 15) is 19.8 Å². The van der Waals surface area contributed by atoms with Crippen LogP contribution in [0.3, 0.4) is 0 Å². The molecule has 1 atom stereocenters. The molecule has 0 radical (unpaired) electrons. The van der Waals surface area contributed by atoms with Crippen molar-refractivity contribution < 1.29 is 24.9 Å². The lowest BCUT2D eigenvalue weighted by Gasteiger charge is -2.24. The van der Waals surface area contributed by atoms with Gasteiger partial charge in [0.1, 0.15) is 0 Å². The summed E-state index contributed by atoms with van der Waals surface area (Å²) in [5.74, 6) is 0. The van der Waals surface area contributed by atoms with Crippen LogP contribution in [0.1, 0.15) is 17.5 Å². The van der Waals surface area contributed by atoms with Crippen LogP contribution in [0.15, 0.2) is 18.2 Å². The molecule has 7 nitrogen and oxygen atoms in total. The Morgan fingerprint density at radius 1 is 1.19 bits per heavy atom. The SMILES string of the molecule is O=C(O)N1CCC2(C1)CN(C(=O)O)c1ccc(CO)cc12. The third-order valence-electron chi connectivity index (χ3n) is 4.42. The summed E-state index contributed by atoms with van der Waals surface area (Å²) in [5.41, 5.74) is 1.61. The van der Waals surface area contributed by atoms with Crippen molar-refractivity contribution in [1.29, 1.82) is 0 Å². The largest absolute Gasteiger partial charge is 0.465 e. The first-order chi connectivity index (χ1) is 9.97. The molecule has 1 unspecified atom stereocenters. The smallest absolute Gasteiger partial charge is 0.411 e. The second-order valence-electron chi connectivity index (χ2n) is 5.61. The highest BCUT2D eigenvalue weighted by Crippen LogP contribution is 2.46. The first kappa shape index (κ1) is 13.7. The molecule has 2 amide bonds. The minimum atomic E-state index is -1.04. The summed E-state index contributed by atoms with van der Waals surface area (Å²) in [6.45, 7) is 0.814. The van der Waals surface area contributed by atoms with Gasteiger partial charge in [-0.1, -0.05) is 12.1 Å². The van der Waals surface area contributed by atoms with Crippen LogP contribution in [0.4, 0.5) is 15.3 Å². The molecule has 2 heterocycles. The number of benzene rings is 1. The summed E-state index contributed by atoms with van der Waals surface area (Å²) >= 11 is 0. The number of rotatable bonds is 1. The highest BCUT2D eigenvalue weighted by Gasteiger charge is 2.50. The van der Waals surface area contributed by atoms with Gasteiger partial charge in [-0.25, -0.2) is 9.59 Å². The van der Waals surface area contributed by atoms with Crippen LogP contribution in [-0.4, -0.2) is 52.0 Å². The molecule has 2 aliphatic heterocycles. The van der Waals surface area contributed by atoms with Crippen LogP contribution in [0.2, 0.25) is 0 Å². The standard InChI is InChI=1S/C14H16N2O5/c17-6-9-1-2-11-10(5-9)14(8-16(11)13(20)21)3-4-15(7-14)12(18)19/h1-2,5,17H,3-4,6-8H2,(H,18,19)(H,20,21). The Morgan fingerprint density at radius 2 is 1.95 bits per heavy atom. The quantitative estimate of drug-likeness (QED) is 0.724. The van der Waals surface area contributed by atoms with Crippen LogP contribution in [0.25, 0.3) is 0 Å². The van der Waals surface area contributed by atoms with Crippen molar-refractivity contribution in [2.75, 3.05) is 24.5 Å². The first-order valence-electron chi connectivity index (χ1n) is 6.69. The van der Waals surface area contributed by atoms with Crippen molar-refractivity contribution in [3.8, 4) is 0 Å². The number of nitrogens with zero attached hydrogens (tertiary/aromatic N) is 2. The number of carboxylic acid groups (broad SMARTS) is 2. The van der Waals surface area contributed by atoms with Crippen LogP contribution in [0, 0.1) is 0 Å². The van der Waals surface area contributed by atoms with E-state index in [1.54, 1.807) is 18.2 Å². The minimum Gasteiger partial charge on any atom is -0.465 e. The fourth-order valence-electron chi connectivity index (χ4n) is 3.37. The molecule has 0 aliphatic carbocycles. The minimum absolute atomic E-state index is 0.126. The lowest BCUT2D eigenvalue weighted by molar-refractivity contribution is 0.153. The summed E-state index contributed by atoms with van der Waals surface area (Å²) < 4.78 is 0. The Balaban J connectivity index is 2.05. The van der Waals surface area contributed by atoms with E-state index in [0.29, 0.717) is 24.2 Å². The predicted molar refractivity (Wildman–Crippen MR) is 73.6 cm³/mol. The van der Waals surface area contributed by atoms with Gasteiger partial charge in [-0.15, -0.1) is 0 Å². The second kappa shape index (κ2) is 4.63. The summed E-state index contributed by atoms with van der Waals surface area (Å²) in [5, 5.41) is 27.8. The van der Waals surface area contributed by atoms with Crippen LogP contribution in [0.5, 0.6) is 0 Å². The van der Waals surface area contributed by atoms with Crippen LogP contribution < -0.4 is 4.90 Å². The second-order valence-corrected chi connectivity index (χ2v) is 5.61. The van der Waals surface area contributed by atoms with Gasteiger partial charge >= 0.3 is 12.2 Å². The fourth-order valence-corrected chi connectivity index (χ4v) is 3.37. The van der Waals surface area contributed by atoms with Gasteiger partial charge in [0.05, 0.1) is 12.3 Å². The molecule has 0 bridgehead atoms. The van der Waals surface area contributed by atoms with E-state index in [4.69, 9.17) is 5.11 Å². The molecule has 0 aromatic heterocycles. The topological polar surface area (TPSA) is 101 Å². The Bertz CT molecular complexity index is 617. The summed E-state index contributed by atoms with van der Waals surface area (Å²) in [6.07, 6.45) is -1.44. The molecule has 3 N–H and O–H groups in total. The number of anilines is 1. The molecule has 112 valence electrons. The normalized spacial score (nSPS) is 23.7. The van der Waals surface area contributed by atoms with E-state index in [-0.39, 0.29) is 19.7 Å². The third-order valence-corrected chi connectivity index (χ3v) is 4.42. The molecule has 1 aromatic carbocycles. The molecule has 1 aromatic rings. The lowest BCUT2D eigenvalue weighted by atomic mass is 9.81. The highest BCUT2D eigenvalue weighted by atomic mass is 16.4. The number of likely N-dealkylation sites (tertiary alicyclic amines) is 1. The van der Waals surface area contributed by atoms with Gasteiger partial charge in [0.15, 0.2) is 0 Å². The van der Waals surface area contributed by atoms with Gasteiger partial charge in [-0.2, -0.15) is 0 Å². The van der Waals surface area contributed by atoms with E-state index in [2.05, 4.69) is 0 Å². The first-order valence-corrected chi connectivity index (χ1v) is 6.69. The van der Waals surface area contributed by atoms with Gasteiger partial charge in [-0.05, 0) is 23.6 Å².